The van der Waals surface area contributed by atoms with Gasteiger partial charge >= 0.3 is 0 Å². The van der Waals surface area contributed by atoms with Gasteiger partial charge in [0.25, 0.3) is 0 Å². The summed E-state index contributed by atoms with van der Waals surface area (Å²) < 4.78 is 2.04. The largest absolute Gasteiger partial charge is 0.325 e. The predicted octanol–water partition coefficient (Wildman–Crippen LogP) is 5.43. The van der Waals surface area contributed by atoms with Gasteiger partial charge in [-0.15, -0.1) is 11.3 Å². The Bertz CT molecular complexity index is 1190. The molecule has 0 fully saturated rings. The van der Waals surface area contributed by atoms with Crippen molar-refractivity contribution in [2.24, 2.45) is 0 Å². The molecule has 0 unspecified atom stereocenters. The van der Waals surface area contributed by atoms with Gasteiger partial charge in [-0.05, 0) is 49.8 Å². The Morgan fingerprint density at radius 1 is 1.14 bits per heavy atom. The van der Waals surface area contributed by atoms with Crippen LogP contribution in [0.25, 0.3) is 16.2 Å². The fraction of sp³-hybridized carbons (Fsp3) is 0.250. The number of imidazole rings is 1. The maximum atomic E-state index is 12.8. The molecular formula is C24H23N3OS. The van der Waals surface area contributed by atoms with Gasteiger partial charge in [0.05, 0.1) is 12.1 Å². The van der Waals surface area contributed by atoms with E-state index in [0.29, 0.717) is 6.42 Å². The van der Waals surface area contributed by atoms with Gasteiger partial charge in [0.15, 0.2) is 4.96 Å². The van der Waals surface area contributed by atoms with Gasteiger partial charge in [0.1, 0.15) is 0 Å². The molecule has 1 amide bonds. The summed E-state index contributed by atoms with van der Waals surface area (Å²) in [6.45, 7) is 2.08. The average molecular weight is 402 g/mol. The SMILES string of the molecule is Cc1ccc(-c2cn3c(CC(=O)Nc4cccc5c4CCCC5)csc3n2)cc1. The minimum Gasteiger partial charge on any atom is -0.325 e. The molecule has 2 aromatic heterocycles. The van der Waals surface area contributed by atoms with Gasteiger partial charge in [-0.1, -0.05) is 42.0 Å². The molecule has 1 aliphatic rings. The minimum absolute atomic E-state index is 0.0225. The Morgan fingerprint density at radius 3 is 2.83 bits per heavy atom. The number of aryl methyl sites for hydroxylation is 2. The van der Waals surface area contributed by atoms with Crippen LogP contribution in [-0.2, 0) is 24.1 Å². The van der Waals surface area contributed by atoms with Crippen molar-refractivity contribution in [3.05, 3.63) is 76.4 Å². The van der Waals surface area contributed by atoms with Crippen LogP contribution in [0.2, 0.25) is 0 Å². The van der Waals surface area contributed by atoms with E-state index in [2.05, 4.69) is 42.6 Å². The van der Waals surface area contributed by atoms with Gasteiger partial charge in [0, 0.05) is 28.5 Å². The summed E-state index contributed by atoms with van der Waals surface area (Å²) in [5.74, 6) is 0.0225. The Labute approximate surface area is 174 Å². The zero-order valence-corrected chi connectivity index (χ0v) is 17.3. The molecule has 29 heavy (non-hydrogen) atoms. The van der Waals surface area contributed by atoms with E-state index in [1.54, 1.807) is 11.3 Å². The molecule has 146 valence electrons. The molecule has 0 radical (unpaired) electrons. The third-order valence-corrected chi connectivity index (χ3v) is 6.53. The summed E-state index contributed by atoms with van der Waals surface area (Å²) in [5, 5.41) is 5.18. The second-order valence-electron chi connectivity index (χ2n) is 7.75. The first-order valence-corrected chi connectivity index (χ1v) is 11.0. The summed E-state index contributed by atoms with van der Waals surface area (Å²) in [5.41, 5.74) is 7.91. The van der Waals surface area contributed by atoms with Crippen molar-refractivity contribution in [3.63, 3.8) is 0 Å². The Morgan fingerprint density at radius 2 is 1.97 bits per heavy atom. The molecule has 5 rings (SSSR count). The molecule has 2 aromatic carbocycles. The van der Waals surface area contributed by atoms with Crippen LogP contribution in [0.3, 0.4) is 0 Å². The Hall–Kier alpha value is -2.92. The lowest BCUT2D eigenvalue weighted by Gasteiger charge is -2.19. The van der Waals surface area contributed by atoms with Crippen LogP contribution < -0.4 is 5.32 Å². The Kier molecular flexibility index (Phi) is 4.68. The molecule has 0 aliphatic heterocycles. The first-order chi connectivity index (χ1) is 14.2. The number of hydrogen-bond donors (Lipinski definition) is 1. The van der Waals surface area contributed by atoms with Gasteiger partial charge in [-0.25, -0.2) is 4.98 Å². The molecule has 5 heteroatoms. The zero-order chi connectivity index (χ0) is 19.8. The van der Waals surface area contributed by atoms with Gasteiger partial charge in [-0.2, -0.15) is 0 Å². The van der Waals surface area contributed by atoms with Crippen molar-refractivity contribution in [1.82, 2.24) is 9.38 Å². The third kappa shape index (κ3) is 3.58. The van der Waals surface area contributed by atoms with Crippen molar-refractivity contribution in [2.45, 2.75) is 39.0 Å². The number of anilines is 1. The number of thiazole rings is 1. The van der Waals surface area contributed by atoms with Crippen LogP contribution in [0.15, 0.2) is 54.0 Å². The summed E-state index contributed by atoms with van der Waals surface area (Å²) in [4.78, 5) is 18.4. The number of carbonyl (C=O) groups excluding carboxylic acids is 1. The maximum Gasteiger partial charge on any atom is 0.230 e. The number of rotatable bonds is 4. The third-order valence-electron chi connectivity index (χ3n) is 5.64. The number of nitrogens with zero attached hydrogens (tertiary/aromatic N) is 2. The number of carbonyl (C=O) groups is 1. The average Bonchev–Trinajstić information content (AvgIpc) is 3.31. The van der Waals surface area contributed by atoms with Crippen molar-refractivity contribution in [1.29, 1.82) is 0 Å². The minimum atomic E-state index is 0.0225. The quantitative estimate of drug-likeness (QED) is 0.495. The first-order valence-electron chi connectivity index (χ1n) is 10.1. The molecule has 0 spiro atoms. The lowest BCUT2D eigenvalue weighted by molar-refractivity contribution is -0.115. The summed E-state index contributed by atoms with van der Waals surface area (Å²) in [6, 6.07) is 14.6. The van der Waals surface area contributed by atoms with E-state index in [9.17, 15) is 4.79 Å². The normalized spacial score (nSPS) is 13.4. The van der Waals surface area contributed by atoms with Crippen molar-refractivity contribution in [3.8, 4) is 11.3 Å². The smallest absolute Gasteiger partial charge is 0.230 e. The van der Waals surface area contributed by atoms with Crippen LogP contribution >= 0.6 is 11.3 Å². The number of aromatic nitrogens is 2. The number of amides is 1. The van der Waals surface area contributed by atoms with E-state index >= 15 is 0 Å². The summed E-state index contributed by atoms with van der Waals surface area (Å²) in [7, 11) is 0. The molecule has 0 bridgehead atoms. The van der Waals surface area contributed by atoms with E-state index < -0.39 is 0 Å². The van der Waals surface area contributed by atoms with E-state index in [-0.39, 0.29) is 5.91 Å². The van der Waals surface area contributed by atoms with E-state index in [4.69, 9.17) is 4.98 Å². The summed E-state index contributed by atoms with van der Waals surface area (Å²) in [6.07, 6.45) is 6.97. The molecular weight excluding hydrogens is 378 g/mol. The molecule has 0 atom stereocenters. The topological polar surface area (TPSA) is 46.4 Å². The maximum absolute atomic E-state index is 12.8. The zero-order valence-electron chi connectivity index (χ0n) is 16.4. The van der Waals surface area contributed by atoms with Crippen molar-refractivity contribution >= 4 is 27.9 Å². The van der Waals surface area contributed by atoms with Crippen molar-refractivity contribution in [2.75, 3.05) is 5.32 Å². The summed E-state index contributed by atoms with van der Waals surface area (Å²) >= 11 is 1.58. The Balaban J connectivity index is 1.36. The highest BCUT2D eigenvalue weighted by molar-refractivity contribution is 7.15. The standard InChI is InChI=1S/C24H23N3OS/c1-16-9-11-18(12-10-16)22-14-27-19(15-29-24(27)26-22)13-23(28)25-21-8-4-6-17-5-2-3-7-20(17)21/h4,6,8-12,14-15H,2-3,5,7,13H2,1H3,(H,25,28). The van der Waals surface area contributed by atoms with Crippen LogP contribution in [0.5, 0.6) is 0 Å². The van der Waals surface area contributed by atoms with Crippen molar-refractivity contribution < 1.29 is 4.79 Å². The second-order valence-corrected chi connectivity index (χ2v) is 8.58. The predicted molar refractivity (Wildman–Crippen MR) is 119 cm³/mol. The van der Waals surface area contributed by atoms with Gasteiger partial charge in [-0.3, -0.25) is 9.20 Å². The molecule has 2 heterocycles. The lowest BCUT2D eigenvalue weighted by atomic mass is 9.90. The van der Waals surface area contributed by atoms with Gasteiger partial charge in [0.2, 0.25) is 5.91 Å². The fourth-order valence-electron chi connectivity index (χ4n) is 4.08. The van der Waals surface area contributed by atoms with E-state index in [0.717, 1.165) is 40.4 Å². The monoisotopic (exact) mass is 401 g/mol. The highest BCUT2D eigenvalue weighted by Gasteiger charge is 2.16. The first kappa shape index (κ1) is 18.1. The molecule has 1 N–H and O–H groups in total. The molecule has 0 saturated heterocycles. The number of fused-ring (bicyclic) bond motifs is 2. The second kappa shape index (κ2) is 7.48. The van der Waals surface area contributed by atoms with Crippen LogP contribution in [-0.4, -0.2) is 15.3 Å². The van der Waals surface area contributed by atoms with Crippen LogP contribution in [0.1, 0.15) is 35.2 Å². The number of hydrogen-bond acceptors (Lipinski definition) is 3. The van der Waals surface area contributed by atoms with E-state index in [1.165, 1.54) is 29.5 Å². The molecule has 4 aromatic rings. The highest BCUT2D eigenvalue weighted by atomic mass is 32.1. The number of nitrogens with one attached hydrogen (secondary N) is 1. The molecule has 0 saturated carbocycles. The highest BCUT2D eigenvalue weighted by Crippen LogP contribution is 2.28. The van der Waals surface area contributed by atoms with Crippen LogP contribution in [0.4, 0.5) is 5.69 Å². The molecule has 4 nitrogen and oxygen atoms in total. The fourth-order valence-corrected chi connectivity index (χ4v) is 4.95. The van der Waals surface area contributed by atoms with E-state index in [1.807, 2.05) is 28.1 Å². The number of benzene rings is 2. The molecule has 1 aliphatic carbocycles. The van der Waals surface area contributed by atoms with Gasteiger partial charge < -0.3 is 5.32 Å². The van der Waals surface area contributed by atoms with Crippen LogP contribution in [0, 0.1) is 6.92 Å². The lowest BCUT2D eigenvalue weighted by Crippen LogP contribution is -2.17.